The zero-order valence-electron chi connectivity index (χ0n) is 12.3. The minimum atomic E-state index is -0.202. The van der Waals surface area contributed by atoms with Crippen molar-refractivity contribution in [2.45, 2.75) is 32.4 Å². The SMILES string of the molecule is C=C(N)NCNC(C)/C(N)=C(\N)NCOC(CC)CO. The van der Waals surface area contributed by atoms with Crippen molar-refractivity contribution < 1.29 is 9.84 Å². The highest BCUT2D eigenvalue weighted by atomic mass is 16.5. The number of hydrogen-bond donors (Lipinski definition) is 7. The Balaban J connectivity index is 4.11. The van der Waals surface area contributed by atoms with Gasteiger partial charge in [0.15, 0.2) is 0 Å². The fourth-order valence-corrected chi connectivity index (χ4v) is 1.30. The Labute approximate surface area is 120 Å². The Bertz CT molecular complexity index is 317. The molecule has 2 unspecified atom stereocenters. The van der Waals surface area contributed by atoms with Gasteiger partial charge in [-0.15, -0.1) is 0 Å². The van der Waals surface area contributed by atoms with Gasteiger partial charge in [0, 0.05) is 6.04 Å². The van der Waals surface area contributed by atoms with Gasteiger partial charge in [-0.2, -0.15) is 0 Å². The monoisotopic (exact) mass is 288 g/mol. The molecule has 8 nitrogen and oxygen atoms in total. The summed E-state index contributed by atoms with van der Waals surface area (Å²) in [4.78, 5) is 0. The van der Waals surface area contributed by atoms with Crippen LogP contribution in [-0.4, -0.2) is 37.3 Å². The number of aliphatic hydroxyl groups excluding tert-OH is 1. The van der Waals surface area contributed by atoms with Crippen LogP contribution in [0.3, 0.4) is 0 Å². The molecule has 0 aromatic heterocycles. The summed E-state index contributed by atoms with van der Waals surface area (Å²) in [5.41, 5.74) is 17.6. The van der Waals surface area contributed by atoms with Crippen LogP contribution in [0.15, 0.2) is 23.9 Å². The van der Waals surface area contributed by atoms with Crippen LogP contribution in [0.4, 0.5) is 0 Å². The average Bonchev–Trinajstić information content (AvgIpc) is 2.42. The smallest absolute Gasteiger partial charge is 0.119 e. The summed E-state index contributed by atoms with van der Waals surface area (Å²) >= 11 is 0. The molecule has 0 bridgehead atoms. The van der Waals surface area contributed by atoms with E-state index in [1.165, 1.54) is 0 Å². The lowest BCUT2D eigenvalue weighted by Gasteiger charge is -2.19. The number of rotatable bonds is 11. The van der Waals surface area contributed by atoms with Crippen LogP contribution in [0.5, 0.6) is 0 Å². The molecule has 0 rings (SSSR count). The number of ether oxygens (including phenoxy) is 1. The second-order valence-electron chi connectivity index (χ2n) is 4.37. The molecule has 20 heavy (non-hydrogen) atoms. The average molecular weight is 288 g/mol. The molecule has 2 atom stereocenters. The normalized spacial score (nSPS) is 15.2. The Morgan fingerprint density at radius 1 is 1.30 bits per heavy atom. The van der Waals surface area contributed by atoms with Crippen LogP contribution in [0.25, 0.3) is 0 Å². The Morgan fingerprint density at radius 2 is 1.95 bits per heavy atom. The largest absolute Gasteiger partial charge is 0.398 e. The van der Waals surface area contributed by atoms with Gasteiger partial charge >= 0.3 is 0 Å². The lowest BCUT2D eigenvalue weighted by Crippen LogP contribution is -2.42. The van der Waals surface area contributed by atoms with Gasteiger partial charge in [0.2, 0.25) is 0 Å². The quantitative estimate of drug-likeness (QED) is 0.224. The third kappa shape index (κ3) is 7.72. The minimum Gasteiger partial charge on any atom is -0.398 e. The van der Waals surface area contributed by atoms with E-state index in [0.29, 0.717) is 24.0 Å². The van der Waals surface area contributed by atoms with Gasteiger partial charge in [-0.25, -0.2) is 0 Å². The van der Waals surface area contributed by atoms with Crippen LogP contribution < -0.4 is 33.2 Å². The molecule has 0 aliphatic heterocycles. The fourth-order valence-electron chi connectivity index (χ4n) is 1.30. The molecule has 0 aliphatic rings. The third-order valence-electron chi connectivity index (χ3n) is 2.74. The first-order chi connectivity index (χ1) is 9.42. The summed E-state index contributed by atoms with van der Waals surface area (Å²) in [5, 5.41) is 17.7. The first-order valence-corrected chi connectivity index (χ1v) is 6.55. The van der Waals surface area contributed by atoms with Crippen LogP contribution in [0, 0.1) is 0 Å². The van der Waals surface area contributed by atoms with E-state index in [2.05, 4.69) is 22.5 Å². The summed E-state index contributed by atoms with van der Waals surface area (Å²) in [6, 6.07) is -0.144. The maximum atomic E-state index is 8.98. The Hall–Kier alpha value is -1.64. The van der Waals surface area contributed by atoms with Gasteiger partial charge in [-0.1, -0.05) is 13.5 Å². The van der Waals surface area contributed by atoms with Crippen LogP contribution >= 0.6 is 0 Å². The van der Waals surface area contributed by atoms with Crippen LogP contribution in [0.1, 0.15) is 20.3 Å². The molecule has 0 spiro atoms. The van der Waals surface area contributed by atoms with E-state index in [1.54, 1.807) is 0 Å². The first kappa shape index (κ1) is 18.4. The summed E-state index contributed by atoms with van der Waals surface area (Å²) < 4.78 is 5.36. The maximum Gasteiger partial charge on any atom is 0.119 e. The second kappa shape index (κ2) is 10.2. The molecule has 118 valence electrons. The minimum absolute atomic E-state index is 0.0239. The van der Waals surface area contributed by atoms with Crippen molar-refractivity contribution in [3.63, 3.8) is 0 Å². The summed E-state index contributed by atoms with van der Waals surface area (Å²) in [5.74, 6) is 0.714. The van der Waals surface area contributed by atoms with Gasteiger partial charge in [-0.3, -0.25) is 5.32 Å². The van der Waals surface area contributed by atoms with Crippen molar-refractivity contribution in [3.8, 4) is 0 Å². The van der Waals surface area contributed by atoms with E-state index in [1.807, 2.05) is 13.8 Å². The standard InChI is InChI=1S/C12H28N6O2/c1-4-10(5-19)20-7-18-12(15)11(14)8(2)16-6-17-9(3)13/h8,10,16-19H,3-7,13-15H2,1-2H3/b12-11-. The van der Waals surface area contributed by atoms with Crippen LogP contribution in [-0.2, 0) is 4.74 Å². The highest BCUT2D eigenvalue weighted by molar-refractivity contribution is 5.11. The van der Waals surface area contributed by atoms with Crippen molar-refractivity contribution in [2.75, 3.05) is 20.0 Å². The van der Waals surface area contributed by atoms with Crippen molar-refractivity contribution >= 4 is 0 Å². The maximum absolute atomic E-state index is 8.98. The van der Waals surface area contributed by atoms with E-state index in [9.17, 15) is 0 Å². The molecular weight excluding hydrogens is 260 g/mol. The number of nitrogens with two attached hydrogens (primary N) is 3. The molecule has 0 heterocycles. The summed E-state index contributed by atoms with van der Waals surface area (Å²) in [7, 11) is 0. The number of nitrogens with one attached hydrogen (secondary N) is 3. The van der Waals surface area contributed by atoms with Crippen molar-refractivity contribution in [2.24, 2.45) is 17.2 Å². The van der Waals surface area contributed by atoms with Gasteiger partial charge in [-0.05, 0) is 13.3 Å². The van der Waals surface area contributed by atoms with Gasteiger partial charge in [0.25, 0.3) is 0 Å². The van der Waals surface area contributed by atoms with Crippen molar-refractivity contribution in [1.29, 1.82) is 0 Å². The van der Waals surface area contributed by atoms with E-state index in [4.69, 9.17) is 27.0 Å². The molecule has 0 amide bonds. The molecule has 0 radical (unpaired) electrons. The van der Waals surface area contributed by atoms with Gasteiger partial charge in [0.05, 0.1) is 30.9 Å². The zero-order chi connectivity index (χ0) is 15.5. The van der Waals surface area contributed by atoms with Gasteiger partial charge in [0.1, 0.15) is 12.6 Å². The van der Waals surface area contributed by atoms with Crippen molar-refractivity contribution in [1.82, 2.24) is 16.0 Å². The Morgan fingerprint density at radius 3 is 2.45 bits per heavy atom. The number of aliphatic hydroxyl groups is 1. The highest BCUT2D eigenvalue weighted by Crippen LogP contribution is 1.98. The highest BCUT2D eigenvalue weighted by Gasteiger charge is 2.09. The summed E-state index contributed by atoms with van der Waals surface area (Å²) in [6.45, 7) is 7.91. The lowest BCUT2D eigenvalue weighted by molar-refractivity contribution is 0.00478. The van der Waals surface area contributed by atoms with Crippen LogP contribution in [0.2, 0.25) is 0 Å². The van der Waals surface area contributed by atoms with Crippen molar-refractivity contribution in [3.05, 3.63) is 23.9 Å². The third-order valence-corrected chi connectivity index (χ3v) is 2.74. The molecule has 10 N–H and O–H groups in total. The molecular formula is C12H28N6O2. The molecule has 0 aromatic rings. The molecule has 0 fully saturated rings. The van der Waals surface area contributed by atoms with E-state index in [0.717, 1.165) is 6.42 Å². The van der Waals surface area contributed by atoms with E-state index >= 15 is 0 Å². The number of hydrogen-bond acceptors (Lipinski definition) is 8. The molecule has 0 saturated heterocycles. The van der Waals surface area contributed by atoms with E-state index in [-0.39, 0.29) is 25.5 Å². The topological polar surface area (TPSA) is 144 Å². The zero-order valence-corrected chi connectivity index (χ0v) is 12.3. The molecule has 0 saturated carbocycles. The summed E-state index contributed by atoms with van der Waals surface area (Å²) in [6.07, 6.45) is 0.524. The predicted molar refractivity (Wildman–Crippen MR) is 79.6 cm³/mol. The van der Waals surface area contributed by atoms with Gasteiger partial charge < -0.3 is 37.7 Å². The Kier molecular flexibility index (Phi) is 9.35. The molecule has 0 aliphatic carbocycles. The lowest BCUT2D eigenvalue weighted by atomic mass is 10.2. The predicted octanol–water partition coefficient (Wildman–Crippen LogP) is -1.64. The van der Waals surface area contributed by atoms with E-state index < -0.39 is 0 Å². The molecule has 0 aromatic carbocycles. The molecule has 8 heteroatoms. The fraction of sp³-hybridized carbons (Fsp3) is 0.667. The second-order valence-corrected chi connectivity index (χ2v) is 4.37. The first-order valence-electron chi connectivity index (χ1n) is 6.55.